The number of piperazine rings is 1. The van der Waals surface area contributed by atoms with Gasteiger partial charge in [0, 0.05) is 51.0 Å². The third kappa shape index (κ3) is 4.60. The van der Waals surface area contributed by atoms with Crippen LogP contribution in [0, 0.1) is 0 Å². The zero-order valence-electron chi connectivity index (χ0n) is 14.8. The number of nitrogens with zero attached hydrogens (tertiary/aromatic N) is 3. The quantitative estimate of drug-likeness (QED) is 0.799. The van der Waals surface area contributed by atoms with Crippen LogP contribution in [0.1, 0.15) is 31.2 Å². The Morgan fingerprint density at radius 3 is 2.12 bits per heavy atom. The van der Waals surface area contributed by atoms with E-state index in [1.54, 1.807) is 6.08 Å². The van der Waals surface area contributed by atoms with Crippen LogP contribution in [0.5, 0.6) is 0 Å². The molecule has 0 N–H and O–H groups in total. The molecule has 1 amide bonds. The minimum atomic E-state index is 0.125. The van der Waals surface area contributed by atoms with Crippen LogP contribution in [0.2, 0.25) is 0 Å². The van der Waals surface area contributed by atoms with Crippen LogP contribution in [-0.2, 0) is 4.79 Å². The van der Waals surface area contributed by atoms with Crippen molar-refractivity contribution in [2.24, 2.45) is 0 Å². The molecule has 0 aliphatic carbocycles. The Bertz CT molecular complexity index is 551. The predicted octanol–water partition coefficient (Wildman–Crippen LogP) is 2.85. The first-order valence-electron chi connectivity index (χ1n) is 9.23. The van der Waals surface area contributed by atoms with E-state index in [-0.39, 0.29) is 5.91 Å². The van der Waals surface area contributed by atoms with Gasteiger partial charge in [0.15, 0.2) is 0 Å². The molecule has 0 aromatic heterocycles. The minimum absolute atomic E-state index is 0.125. The van der Waals surface area contributed by atoms with Gasteiger partial charge < -0.3 is 14.7 Å². The van der Waals surface area contributed by atoms with Gasteiger partial charge in [-0.2, -0.15) is 0 Å². The Balaban J connectivity index is 1.56. The average molecular weight is 327 g/mol. The number of amides is 1. The summed E-state index contributed by atoms with van der Waals surface area (Å²) in [5, 5.41) is 0. The predicted molar refractivity (Wildman–Crippen MR) is 100 cm³/mol. The molecule has 24 heavy (non-hydrogen) atoms. The van der Waals surface area contributed by atoms with Crippen LogP contribution in [-0.4, -0.2) is 62.0 Å². The van der Waals surface area contributed by atoms with Gasteiger partial charge in [-0.05, 0) is 43.7 Å². The first-order chi connectivity index (χ1) is 11.7. The van der Waals surface area contributed by atoms with Gasteiger partial charge in [0.05, 0.1) is 0 Å². The second-order valence-electron chi connectivity index (χ2n) is 6.95. The molecule has 0 bridgehead atoms. The molecule has 0 unspecified atom stereocenters. The molecule has 2 saturated heterocycles. The number of hydrogen-bond donors (Lipinski definition) is 0. The number of anilines is 1. The van der Waals surface area contributed by atoms with Crippen molar-refractivity contribution >= 4 is 17.7 Å². The molecule has 0 spiro atoms. The fourth-order valence-electron chi connectivity index (χ4n) is 3.42. The Morgan fingerprint density at radius 2 is 1.50 bits per heavy atom. The highest BCUT2D eigenvalue weighted by atomic mass is 16.2. The monoisotopic (exact) mass is 327 g/mol. The van der Waals surface area contributed by atoms with Gasteiger partial charge in [0.25, 0.3) is 0 Å². The lowest BCUT2D eigenvalue weighted by Crippen LogP contribution is -2.46. The zero-order chi connectivity index (χ0) is 16.8. The van der Waals surface area contributed by atoms with E-state index in [1.165, 1.54) is 31.4 Å². The zero-order valence-corrected chi connectivity index (χ0v) is 14.8. The summed E-state index contributed by atoms with van der Waals surface area (Å²) in [6.45, 7) is 5.91. The molecule has 1 aromatic carbocycles. The van der Waals surface area contributed by atoms with E-state index < -0.39 is 0 Å². The number of carbonyl (C=O) groups excluding carboxylic acids is 1. The highest BCUT2D eigenvalue weighted by Crippen LogP contribution is 2.20. The maximum Gasteiger partial charge on any atom is 0.246 e. The summed E-state index contributed by atoms with van der Waals surface area (Å²) in [6, 6.07) is 8.61. The lowest BCUT2D eigenvalue weighted by molar-refractivity contribution is -0.127. The Morgan fingerprint density at radius 1 is 0.875 bits per heavy atom. The molecule has 3 rings (SSSR count). The second kappa shape index (κ2) is 8.34. The maximum atomic E-state index is 12.2. The van der Waals surface area contributed by atoms with Gasteiger partial charge in [0.2, 0.25) is 5.91 Å². The Hall–Kier alpha value is -1.81. The van der Waals surface area contributed by atoms with E-state index in [9.17, 15) is 4.79 Å². The second-order valence-corrected chi connectivity index (χ2v) is 6.95. The molecule has 4 heteroatoms. The highest BCUT2D eigenvalue weighted by Gasteiger charge is 2.16. The normalized spacial score (nSPS) is 20.4. The topological polar surface area (TPSA) is 26.8 Å². The molecular formula is C20H29N3O. The average Bonchev–Trinajstić information content (AvgIpc) is 2.90. The van der Waals surface area contributed by atoms with E-state index in [0.29, 0.717) is 0 Å². The number of hydrogen-bond acceptors (Lipinski definition) is 3. The summed E-state index contributed by atoms with van der Waals surface area (Å²) in [6.07, 6.45) is 8.94. The molecule has 4 nitrogen and oxygen atoms in total. The summed E-state index contributed by atoms with van der Waals surface area (Å²) < 4.78 is 0. The highest BCUT2D eigenvalue weighted by molar-refractivity contribution is 5.91. The molecule has 2 aliphatic rings. The molecule has 0 atom stereocenters. The molecule has 2 fully saturated rings. The first kappa shape index (κ1) is 17.0. The smallest absolute Gasteiger partial charge is 0.246 e. The van der Waals surface area contributed by atoms with E-state index in [4.69, 9.17) is 0 Å². The largest absolute Gasteiger partial charge is 0.372 e. The third-order valence-corrected chi connectivity index (χ3v) is 5.10. The van der Waals surface area contributed by atoms with Crippen molar-refractivity contribution in [1.29, 1.82) is 0 Å². The minimum Gasteiger partial charge on any atom is -0.372 e. The first-order valence-corrected chi connectivity index (χ1v) is 9.23. The molecule has 2 heterocycles. The van der Waals surface area contributed by atoms with Crippen molar-refractivity contribution in [2.75, 3.05) is 51.2 Å². The fraction of sp³-hybridized carbons (Fsp3) is 0.550. The molecule has 0 saturated carbocycles. The van der Waals surface area contributed by atoms with Crippen molar-refractivity contribution in [1.82, 2.24) is 9.80 Å². The lowest BCUT2D eigenvalue weighted by Gasteiger charge is -2.31. The van der Waals surface area contributed by atoms with Crippen molar-refractivity contribution in [3.63, 3.8) is 0 Å². The van der Waals surface area contributed by atoms with Crippen molar-refractivity contribution in [3.05, 3.63) is 35.9 Å². The third-order valence-electron chi connectivity index (χ3n) is 5.10. The SMILES string of the molecule is CN1CCN(C(=O)/C=C/c2ccc(N3CCCCCC3)cc2)CC1. The summed E-state index contributed by atoms with van der Waals surface area (Å²) in [7, 11) is 2.10. The van der Waals surface area contributed by atoms with E-state index >= 15 is 0 Å². The van der Waals surface area contributed by atoms with Crippen molar-refractivity contribution in [2.45, 2.75) is 25.7 Å². The summed E-state index contributed by atoms with van der Waals surface area (Å²) >= 11 is 0. The number of likely N-dealkylation sites (N-methyl/N-ethyl adjacent to an activating group) is 1. The van der Waals surface area contributed by atoms with Crippen molar-refractivity contribution < 1.29 is 4.79 Å². The van der Waals surface area contributed by atoms with Gasteiger partial charge in [0.1, 0.15) is 0 Å². The Kier molecular flexibility index (Phi) is 5.91. The van der Waals surface area contributed by atoms with Gasteiger partial charge in [-0.3, -0.25) is 4.79 Å². The van der Waals surface area contributed by atoms with Crippen LogP contribution < -0.4 is 4.90 Å². The van der Waals surface area contributed by atoms with Crippen LogP contribution in [0.15, 0.2) is 30.3 Å². The molecule has 130 valence electrons. The summed E-state index contributed by atoms with van der Waals surface area (Å²) in [4.78, 5) is 18.9. The summed E-state index contributed by atoms with van der Waals surface area (Å²) in [5.41, 5.74) is 2.40. The van der Waals surface area contributed by atoms with E-state index in [2.05, 4.69) is 41.1 Å². The van der Waals surface area contributed by atoms with Crippen LogP contribution >= 0.6 is 0 Å². The molecular weight excluding hydrogens is 298 g/mol. The van der Waals surface area contributed by atoms with Crippen LogP contribution in [0.3, 0.4) is 0 Å². The van der Waals surface area contributed by atoms with E-state index in [1.807, 2.05) is 11.0 Å². The summed E-state index contributed by atoms with van der Waals surface area (Å²) in [5.74, 6) is 0.125. The number of carbonyl (C=O) groups is 1. The van der Waals surface area contributed by atoms with E-state index in [0.717, 1.165) is 44.8 Å². The molecule has 1 aromatic rings. The Labute approximate surface area is 145 Å². The standard InChI is InChI=1S/C20H29N3O/c1-21-14-16-23(17-15-21)20(24)11-8-18-6-9-19(10-7-18)22-12-4-2-3-5-13-22/h6-11H,2-5,12-17H2,1H3/b11-8+. The molecule has 0 radical (unpaired) electrons. The van der Waals surface area contributed by atoms with Gasteiger partial charge in [-0.1, -0.05) is 25.0 Å². The van der Waals surface area contributed by atoms with Crippen molar-refractivity contribution in [3.8, 4) is 0 Å². The number of rotatable bonds is 3. The fourth-order valence-corrected chi connectivity index (χ4v) is 3.42. The van der Waals surface area contributed by atoms with Gasteiger partial charge in [-0.15, -0.1) is 0 Å². The van der Waals surface area contributed by atoms with Gasteiger partial charge in [-0.25, -0.2) is 0 Å². The maximum absolute atomic E-state index is 12.2. The van der Waals surface area contributed by atoms with Crippen LogP contribution in [0.4, 0.5) is 5.69 Å². The van der Waals surface area contributed by atoms with Gasteiger partial charge >= 0.3 is 0 Å². The lowest BCUT2D eigenvalue weighted by atomic mass is 10.1. The number of benzene rings is 1. The molecule has 2 aliphatic heterocycles. The van der Waals surface area contributed by atoms with Crippen LogP contribution in [0.25, 0.3) is 6.08 Å².